The zero-order chi connectivity index (χ0) is 16.9. The van der Waals surface area contributed by atoms with Crippen molar-refractivity contribution >= 4 is 0 Å². The monoisotopic (exact) mass is 325 g/mol. The van der Waals surface area contributed by atoms with Crippen LogP contribution in [0.15, 0.2) is 53.7 Å². The predicted molar refractivity (Wildman–Crippen MR) is 94.4 cm³/mol. The normalized spacial score (nSPS) is 12.4. The van der Waals surface area contributed by atoms with Crippen molar-refractivity contribution in [2.45, 2.75) is 32.9 Å². The molecule has 0 radical (unpaired) electrons. The number of aromatic nitrogens is 4. The molecule has 2 N–H and O–H groups in total. The minimum Gasteiger partial charge on any atom is -0.312 e. The first-order valence-electron chi connectivity index (χ1n) is 8.23. The number of imidazole rings is 1. The number of aryl methyl sites for hydroxylation is 2. The molecule has 0 spiro atoms. The lowest BCUT2D eigenvalue weighted by Crippen LogP contribution is -2.21. The van der Waals surface area contributed by atoms with Gasteiger partial charge in [-0.25, -0.2) is 4.79 Å². The molecule has 6 nitrogen and oxygen atoms in total. The first-order valence-corrected chi connectivity index (χ1v) is 8.23. The molecule has 0 aliphatic heterocycles. The number of H-pyrrole nitrogens is 1. The summed E-state index contributed by atoms with van der Waals surface area (Å²) in [6.45, 7) is 5.91. The van der Waals surface area contributed by atoms with Crippen LogP contribution in [-0.4, -0.2) is 25.9 Å². The summed E-state index contributed by atoms with van der Waals surface area (Å²) in [5, 5.41) is 7.72. The van der Waals surface area contributed by atoms with Gasteiger partial charge in [0.05, 0.1) is 5.69 Å². The summed E-state index contributed by atoms with van der Waals surface area (Å²) >= 11 is 0. The van der Waals surface area contributed by atoms with Crippen LogP contribution in [-0.2, 0) is 6.54 Å². The van der Waals surface area contributed by atoms with Gasteiger partial charge in [-0.2, -0.15) is 5.10 Å². The van der Waals surface area contributed by atoms with Crippen LogP contribution in [0.5, 0.6) is 0 Å². The molecule has 126 valence electrons. The van der Waals surface area contributed by atoms with Gasteiger partial charge in [-0.3, -0.25) is 9.25 Å². The number of hydrogen-bond donors (Lipinski definition) is 2. The van der Waals surface area contributed by atoms with Gasteiger partial charge in [-0.15, -0.1) is 0 Å². The standard InChI is InChI=1S/C18H23N5O/c1-14-13-20-18(24)23(14)17-7-5-16(6-8-17)15(2)19-9-3-11-22-12-4-10-21-22/h4-8,10,12-13,15,19H,3,9,11H2,1-2H3,(H,20,24)/t15-/m1/s1. The summed E-state index contributed by atoms with van der Waals surface area (Å²) in [7, 11) is 0. The minimum absolute atomic E-state index is 0.106. The Labute approximate surface area is 141 Å². The fourth-order valence-corrected chi connectivity index (χ4v) is 2.80. The molecule has 0 aliphatic rings. The molecule has 2 aromatic heterocycles. The summed E-state index contributed by atoms with van der Waals surface area (Å²) in [6, 6.07) is 10.3. The number of nitrogens with one attached hydrogen (secondary N) is 2. The lowest BCUT2D eigenvalue weighted by molar-refractivity contribution is 0.507. The van der Waals surface area contributed by atoms with E-state index >= 15 is 0 Å². The lowest BCUT2D eigenvalue weighted by Gasteiger charge is -2.15. The van der Waals surface area contributed by atoms with E-state index in [1.54, 1.807) is 17.0 Å². The topological polar surface area (TPSA) is 67.6 Å². The van der Waals surface area contributed by atoms with Gasteiger partial charge < -0.3 is 10.3 Å². The van der Waals surface area contributed by atoms with Crippen molar-refractivity contribution in [2.75, 3.05) is 6.54 Å². The van der Waals surface area contributed by atoms with Crippen LogP contribution in [0.1, 0.15) is 30.6 Å². The Kier molecular flexibility index (Phi) is 4.96. The van der Waals surface area contributed by atoms with E-state index in [-0.39, 0.29) is 11.7 Å². The van der Waals surface area contributed by atoms with Gasteiger partial charge in [-0.1, -0.05) is 12.1 Å². The first kappa shape index (κ1) is 16.3. The summed E-state index contributed by atoms with van der Waals surface area (Å²) < 4.78 is 3.62. The molecule has 1 aromatic carbocycles. The minimum atomic E-state index is -0.106. The van der Waals surface area contributed by atoms with Crippen LogP contribution < -0.4 is 11.0 Å². The van der Waals surface area contributed by atoms with Crippen molar-refractivity contribution < 1.29 is 0 Å². The van der Waals surface area contributed by atoms with E-state index in [4.69, 9.17) is 0 Å². The van der Waals surface area contributed by atoms with Crippen molar-refractivity contribution in [2.24, 2.45) is 0 Å². The second-order valence-electron chi connectivity index (χ2n) is 5.96. The number of aromatic amines is 1. The van der Waals surface area contributed by atoms with Crippen LogP contribution in [0.3, 0.4) is 0 Å². The highest BCUT2D eigenvalue weighted by Gasteiger charge is 2.07. The molecule has 2 heterocycles. The van der Waals surface area contributed by atoms with E-state index in [9.17, 15) is 4.79 Å². The van der Waals surface area contributed by atoms with E-state index < -0.39 is 0 Å². The highest BCUT2D eigenvalue weighted by atomic mass is 16.1. The van der Waals surface area contributed by atoms with E-state index in [0.717, 1.165) is 30.9 Å². The van der Waals surface area contributed by atoms with Gasteiger partial charge in [0, 0.05) is 36.9 Å². The Balaban J connectivity index is 1.56. The van der Waals surface area contributed by atoms with Crippen LogP contribution >= 0.6 is 0 Å². The van der Waals surface area contributed by atoms with Crippen molar-refractivity contribution in [1.29, 1.82) is 0 Å². The molecule has 3 aromatic rings. The Morgan fingerprint density at radius 3 is 2.71 bits per heavy atom. The molecule has 1 atom stereocenters. The number of benzene rings is 1. The van der Waals surface area contributed by atoms with Crippen molar-refractivity contribution in [3.05, 3.63) is 70.7 Å². The van der Waals surface area contributed by atoms with E-state index in [1.807, 2.05) is 36.0 Å². The molecule has 0 bridgehead atoms. The molecular formula is C18H23N5O. The van der Waals surface area contributed by atoms with Gasteiger partial charge in [0.1, 0.15) is 0 Å². The van der Waals surface area contributed by atoms with Gasteiger partial charge >= 0.3 is 5.69 Å². The average Bonchev–Trinajstić information content (AvgIpc) is 3.22. The Morgan fingerprint density at radius 1 is 1.29 bits per heavy atom. The molecule has 24 heavy (non-hydrogen) atoms. The van der Waals surface area contributed by atoms with E-state index in [1.165, 1.54) is 5.56 Å². The second-order valence-corrected chi connectivity index (χ2v) is 5.96. The maximum Gasteiger partial charge on any atom is 0.330 e. The first-order chi connectivity index (χ1) is 11.6. The van der Waals surface area contributed by atoms with Crippen LogP contribution in [0, 0.1) is 6.92 Å². The van der Waals surface area contributed by atoms with Gasteiger partial charge in [0.15, 0.2) is 0 Å². The van der Waals surface area contributed by atoms with Crippen LogP contribution in [0.4, 0.5) is 0 Å². The molecule has 0 saturated heterocycles. The van der Waals surface area contributed by atoms with E-state index in [0.29, 0.717) is 0 Å². The zero-order valence-corrected chi connectivity index (χ0v) is 14.1. The smallest absolute Gasteiger partial charge is 0.312 e. The predicted octanol–water partition coefficient (Wildman–Crippen LogP) is 2.41. The SMILES string of the molecule is Cc1c[nH]c(=O)n1-c1ccc([C@@H](C)NCCCn2cccn2)cc1. The molecule has 0 fully saturated rings. The van der Waals surface area contributed by atoms with Crippen LogP contribution in [0.25, 0.3) is 5.69 Å². The summed E-state index contributed by atoms with van der Waals surface area (Å²) in [6.07, 6.45) is 6.53. The maximum absolute atomic E-state index is 11.8. The Hall–Kier alpha value is -2.60. The highest BCUT2D eigenvalue weighted by molar-refractivity contribution is 5.37. The third-order valence-electron chi connectivity index (χ3n) is 4.19. The largest absolute Gasteiger partial charge is 0.330 e. The molecular weight excluding hydrogens is 302 g/mol. The van der Waals surface area contributed by atoms with Crippen LogP contribution in [0.2, 0.25) is 0 Å². The maximum atomic E-state index is 11.8. The quantitative estimate of drug-likeness (QED) is 0.656. The van der Waals surface area contributed by atoms with Gasteiger partial charge in [-0.05, 0) is 50.6 Å². The highest BCUT2D eigenvalue weighted by Crippen LogP contribution is 2.15. The molecule has 6 heteroatoms. The van der Waals surface area contributed by atoms with E-state index in [2.05, 4.69) is 34.5 Å². The Bertz CT molecular complexity index is 814. The van der Waals surface area contributed by atoms with Gasteiger partial charge in [0.2, 0.25) is 0 Å². The number of nitrogens with zero attached hydrogens (tertiary/aromatic N) is 3. The molecule has 0 unspecified atom stereocenters. The second kappa shape index (κ2) is 7.31. The fraction of sp³-hybridized carbons (Fsp3) is 0.333. The zero-order valence-electron chi connectivity index (χ0n) is 14.1. The molecule has 0 saturated carbocycles. The Morgan fingerprint density at radius 2 is 2.08 bits per heavy atom. The van der Waals surface area contributed by atoms with Crippen molar-refractivity contribution in [1.82, 2.24) is 24.6 Å². The summed E-state index contributed by atoms with van der Waals surface area (Å²) in [5.74, 6) is 0. The van der Waals surface area contributed by atoms with Crippen molar-refractivity contribution in [3.63, 3.8) is 0 Å². The average molecular weight is 325 g/mol. The lowest BCUT2D eigenvalue weighted by atomic mass is 10.1. The van der Waals surface area contributed by atoms with Gasteiger partial charge in [0.25, 0.3) is 0 Å². The van der Waals surface area contributed by atoms with Crippen molar-refractivity contribution in [3.8, 4) is 5.69 Å². The summed E-state index contributed by atoms with van der Waals surface area (Å²) in [4.78, 5) is 14.5. The number of rotatable bonds is 7. The fourth-order valence-electron chi connectivity index (χ4n) is 2.80. The molecule has 0 amide bonds. The molecule has 3 rings (SSSR count). The molecule has 0 aliphatic carbocycles. The number of hydrogen-bond acceptors (Lipinski definition) is 3. The third kappa shape index (κ3) is 3.65. The summed E-state index contributed by atoms with van der Waals surface area (Å²) in [5.41, 5.74) is 2.88. The third-order valence-corrected chi connectivity index (χ3v) is 4.19.